The average molecular weight is 281 g/mol. The lowest BCUT2D eigenvalue weighted by Gasteiger charge is -2.51. The van der Waals surface area contributed by atoms with Crippen LogP contribution in [0.4, 0.5) is 0 Å². The third kappa shape index (κ3) is 4.01. The summed E-state index contributed by atoms with van der Waals surface area (Å²) in [6.07, 6.45) is 15.6. The van der Waals surface area contributed by atoms with Crippen LogP contribution in [0.3, 0.4) is 0 Å². The Kier molecular flexibility index (Phi) is 6.61. The van der Waals surface area contributed by atoms with Gasteiger partial charge in [0.25, 0.3) is 0 Å². The molecule has 1 aliphatic carbocycles. The highest BCUT2D eigenvalue weighted by Gasteiger charge is 2.44. The van der Waals surface area contributed by atoms with Crippen LogP contribution in [-0.4, -0.2) is 0 Å². The van der Waals surface area contributed by atoms with Gasteiger partial charge >= 0.3 is 0 Å². The van der Waals surface area contributed by atoms with E-state index in [2.05, 4.69) is 41.5 Å². The van der Waals surface area contributed by atoms with Crippen LogP contribution in [0.2, 0.25) is 0 Å². The molecule has 0 bridgehead atoms. The normalized spacial score (nSPS) is 39.3. The van der Waals surface area contributed by atoms with E-state index >= 15 is 0 Å². The van der Waals surface area contributed by atoms with Crippen molar-refractivity contribution in [2.24, 2.45) is 16.2 Å². The molecule has 0 N–H and O–H groups in total. The Morgan fingerprint density at radius 1 is 0.700 bits per heavy atom. The van der Waals surface area contributed by atoms with Crippen molar-refractivity contribution < 1.29 is 0 Å². The molecule has 1 aliphatic rings. The Morgan fingerprint density at radius 3 is 1.95 bits per heavy atom. The van der Waals surface area contributed by atoms with Gasteiger partial charge in [-0.25, -0.2) is 0 Å². The van der Waals surface area contributed by atoms with E-state index in [1.165, 1.54) is 70.6 Å². The summed E-state index contributed by atoms with van der Waals surface area (Å²) in [5, 5.41) is 0. The first-order valence-electron chi connectivity index (χ1n) is 9.35. The van der Waals surface area contributed by atoms with Crippen LogP contribution in [-0.2, 0) is 0 Å². The van der Waals surface area contributed by atoms with Gasteiger partial charge in [0, 0.05) is 0 Å². The van der Waals surface area contributed by atoms with Gasteiger partial charge in [-0.3, -0.25) is 0 Å². The Hall–Kier alpha value is 0. The Labute approximate surface area is 129 Å². The van der Waals surface area contributed by atoms with E-state index in [0.717, 1.165) is 0 Å². The van der Waals surface area contributed by atoms with Gasteiger partial charge in [0.05, 0.1) is 0 Å². The summed E-state index contributed by atoms with van der Waals surface area (Å²) < 4.78 is 0. The van der Waals surface area contributed by atoms with Crippen LogP contribution in [0.1, 0.15) is 112 Å². The van der Waals surface area contributed by atoms with E-state index in [-0.39, 0.29) is 0 Å². The van der Waals surface area contributed by atoms with Crippen molar-refractivity contribution in [1.29, 1.82) is 0 Å². The van der Waals surface area contributed by atoms with Crippen molar-refractivity contribution in [1.82, 2.24) is 0 Å². The van der Waals surface area contributed by atoms with Gasteiger partial charge in [0.2, 0.25) is 0 Å². The van der Waals surface area contributed by atoms with E-state index in [1.807, 2.05) is 0 Å². The summed E-state index contributed by atoms with van der Waals surface area (Å²) in [5.74, 6) is 0. The first-order valence-corrected chi connectivity index (χ1v) is 9.35. The standard InChI is InChI=1S/C20H40/c1-7-10-13-18(4)14-11-15-20(6,12-8-2)19(5,9-3)17-16-18/h7-17H2,1-6H3. The van der Waals surface area contributed by atoms with Crippen LogP contribution in [0.15, 0.2) is 0 Å². The minimum Gasteiger partial charge on any atom is -0.0654 e. The molecular formula is C20H40. The summed E-state index contributed by atoms with van der Waals surface area (Å²) in [5.41, 5.74) is 1.75. The van der Waals surface area contributed by atoms with Gasteiger partial charge in [-0.2, -0.15) is 0 Å². The van der Waals surface area contributed by atoms with Crippen LogP contribution in [0.25, 0.3) is 0 Å². The minimum atomic E-state index is 0.552. The van der Waals surface area contributed by atoms with Gasteiger partial charge < -0.3 is 0 Å². The maximum absolute atomic E-state index is 2.59. The molecule has 20 heavy (non-hydrogen) atoms. The lowest BCUT2D eigenvalue weighted by molar-refractivity contribution is -0.00132. The van der Waals surface area contributed by atoms with Crippen LogP contribution in [0.5, 0.6) is 0 Å². The quantitative estimate of drug-likeness (QED) is 0.476. The van der Waals surface area contributed by atoms with Crippen molar-refractivity contribution in [3.63, 3.8) is 0 Å². The molecule has 0 spiro atoms. The maximum Gasteiger partial charge on any atom is -0.0272 e. The average Bonchev–Trinajstić information content (AvgIpc) is 2.42. The fourth-order valence-electron chi connectivity index (χ4n) is 4.65. The van der Waals surface area contributed by atoms with E-state index in [9.17, 15) is 0 Å². The zero-order valence-corrected chi connectivity index (χ0v) is 15.3. The van der Waals surface area contributed by atoms with Crippen molar-refractivity contribution in [3.8, 4) is 0 Å². The molecular weight excluding hydrogens is 240 g/mol. The largest absolute Gasteiger partial charge is 0.0654 e. The molecule has 1 fully saturated rings. The second kappa shape index (κ2) is 7.32. The molecule has 1 saturated carbocycles. The number of rotatable bonds is 6. The molecule has 3 atom stereocenters. The fourth-order valence-corrected chi connectivity index (χ4v) is 4.65. The summed E-state index contributed by atoms with van der Waals surface area (Å²) in [4.78, 5) is 0. The van der Waals surface area contributed by atoms with Gasteiger partial charge in [-0.05, 0) is 54.8 Å². The molecule has 0 radical (unpaired) electrons. The second-order valence-electron chi connectivity index (χ2n) is 8.49. The smallest absolute Gasteiger partial charge is 0.0272 e. The Bertz CT molecular complexity index is 282. The fraction of sp³-hybridized carbons (Fsp3) is 1.00. The SMILES string of the molecule is CCCCC1(C)CCCC(C)(CCC)C(C)(CC)CC1. The van der Waals surface area contributed by atoms with Crippen LogP contribution < -0.4 is 0 Å². The number of hydrogen-bond donors (Lipinski definition) is 0. The second-order valence-corrected chi connectivity index (χ2v) is 8.49. The van der Waals surface area contributed by atoms with Gasteiger partial charge in [0.15, 0.2) is 0 Å². The molecule has 1 rings (SSSR count). The van der Waals surface area contributed by atoms with E-state index in [1.54, 1.807) is 0 Å². The molecule has 0 saturated heterocycles. The lowest BCUT2D eigenvalue weighted by Crippen LogP contribution is -2.40. The first kappa shape index (κ1) is 18.1. The topological polar surface area (TPSA) is 0 Å². The minimum absolute atomic E-state index is 0.552. The summed E-state index contributed by atoms with van der Waals surface area (Å²) in [7, 11) is 0. The highest BCUT2D eigenvalue weighted by molar-refractivity contribution is 4.95. The summed E-state index contributed by atoms with van der Waals surface area (Å²) in [6.45, 7) is 14.9. The summed E-state index contributed by atoms with van der Waals surface area (Å²) >= 11 is 0. The summed E-state index contributed by atoms with van der Waals surface area (Å²) in [6, 6.07) is 0. The molecule has 3 unspecified atom stereocenters. The van der Waals surface area contributed by atoms with E-state index < -0.39 is 0 Å². The zero-order valence-electron chi connectivity index (χ0n) is 15.3. The first-order chi connectivity index (χ1) is 9.35. The molecule has 0 aromatic carbocycles. The molecule has 120 valence electrons. The van der Waals surface area contributed by atoms with E-state index in [4.69, 9.17) is 0 Å². The predicted octanol–water partition coefficient (Wildman–Crippen LogP) is 7.37. The molecule has 0 aromatic heterocycles. The van der Waals surface area contributed by atoms with Gasteiger partial charge in [-0.1, -0.05) is 73.6 Å². The zero-order chi connectivity index (χ0) is 15.3. The van der Waals surface area contributed by atoms with E-state index in [0.29, 0.717) is 16.2 Å². The van der Waals surface area contributed by atoms with Crippen molar-refractivity contribution >= 4 is 0 Å². The Balaban J connectivity index is 2.84. The van der Waals surface area contributed by atoms with Crippen LogP contribution in [0, 0.1) is 16.2 Å². The third-order valence-electron chi connectivity index (χ3n) is 6.96. The van der Waals surface area contributed by atoms with Gasteiger partial charge in [0.1, 0.15) is 0 Å². The third-order valence-corrected chi connectivity index (χ3v) is 6.96. The van der Waals surface area contributed by atoms with Gasteiger partial charge in [-0.15, -0.1) is 0 Å². The van der Waals surface area contributed by atoms with Crippen molar-refractivity contribution in [3.05, 3.63) is 0 Å². The number of unbranched alkanes of at least 4 members (excludes halogenated alkanes) is 1. The monoisotopic (exact) mass is 280 g/mol. The maximum atomic E-state index is 2.59. The predicted molar refractivity (Wildman–Crippen MR) is 92.1 cm³/mol. The number of hydrogen-bond acceptors (Lipinski definition) is 0. The molecule has 0 nitrogen and oxygen atoms in total. The highest BCUT2D eigenvalue weighted by Crippen LogP contribution is 2.55. The highest BCUT2D eigenvalue weighted by atomic mass is 14.5. The molecule has 0 heteroatoms. The molecule has 0 amide bonds. The molecule has 0 aliphatic heterocycles. The molecule has 0 heterocycles. The molecule has 0 aromatic rings. The van der Waals surface area contributed by atoms with Crippen LogP contribution >= 0.6 is 0 Å². The lowest BCUT2D eigenvalue weighted by atomic mass is 9.54. The van der Waals surface area contributed by atoms with Crippen molar-refractivity contribution in [2.45, 2.75) is 112 Å². The van der Waals surface area contributed by atoms with Crippen molar-refractivity contribution in [2.75, 3.05) is 0 Å². The Morgan fingerprint density at radius 2 is 1.40 bits per heavy atom.